The third kappa shape index (κ3) is 4.43. The summed E-state index contributed by atoms with van der Waals surface area (Å²) in [6, 6.07) is 15.0. The Bertz CT molecular complexity index is 766. The fourth-order valence-electron chi connectivity index (χ4n) is 3.03. The third-order valence-electron chi connectivity index (χ3n) is 4.56. The Balaban J connectivity index is 1.51. The van der Waals surface area contributed by atoms with Gasteiger partial charge in [-0.3, -0.25) is 9.69 Å². The molecule has 5 nitrogen and oxygen atoms in total. The van der Waals surface area contributed by atoms with Crippen LogP contribution in [0.25, 0.3) is 6.08 Å². The van der Waals surface area contributed by atoms with Crippen molar-refractivity contribution in [3.05, 3.63) is 65.7 Å². The van der Waals surface area contributed by atoms with Gasteiger partial charge in [0.15, 0.2) is 11.5 Å². The first kappa shape index (κ1) is 18.0. The second-order valence-electron chi connectivity index (χ2n) is 6.29. The number of carbonyl (C=O) groups is 1. The van der Waals surface area contributed by atoms with Crippen LogP contribution in [0.4, 0.5) is 0 Å². The second-order valence-corrected chi connectivity index (χ2v) is 6.29. The van der Waals surface area contributed by atoms with Crippen molar-refractivity contribution in [2.24, 2.45) is 0 Å². The van der Waals surface area contributed by atoms with E-state index in [0.717, 1.165) is 19.6 Å². The summed E-state index contributed by atoms with van der Waals surface area (Å²) in [5, 5.41) is 9.66. The normalized spacial score (nSPS) is 15.3. The molecule has 1 N–H and O–H groups in total. The predicted molar refractivity (Wildman–Crippen MR) is 102 cm³/mol. The van der Waals surface area contributed by atoms with Gasteiger partial charge in [-0.15, -0.1) is 0 Å². The van der Waals surface area contributed by atoms with E-state index >= 15 is 0 Å². The topological polar surface area (TPSA) is 53.0 Å². The lowest BCUT2D eigenvalue weighted by atomic mass is 10.1. The summed E-state index contributed by atoms with van der Waals surface area (Å²) >= 11 is 0. The quantitative estimate of drug-likeness (QED) is 0.899. The molecule has 1 aliphatic rings. The highest BCUT2D eigenvalue weighted by molar-refractivity contribution is 5.95. The van der Waals surface area contributed by atoms with Gasteiger partial charge in [-0.25, -0.2) is 0 Å². The maximum atomic E-state index is 12.6. The van der Waals surface area contributed by atoms with Crippen LogP contribution in [-0.4, -0.2) is 60.6 Å². The highest BCUT2D eigenvalue weighted by Gasteiger charge is 2.22. The zero-order valence-corrected chi connectivity index (χ0v) is 15.0. The highest BCUT2D eigenvalue weighted by Crippen LogP contribution is 2.27. The maximum absolute atomic E-state index is 12.6. The van der Waals surface area contributed by atoms with Crippen LogP contribution in [0.3, 0.4) is 0 Å². The molecule has 136 valence electrons. The summed E-state index contributed by atoms with van der Waals surface area (Å²) in [4.78, 5) is 16.8. The Morgan fingerprint density at radius 3 is 2.54 bits per heavy atom. The molecule has 0 unspecified atom stereocenters. The van der Waals surface area contributed by atoms with Gasteiger partial charge in [-0.2, -0.15) is 0 Å². The van der Waals surface area contributed by atoms with Crippen molar-refractivity contribution in [2.75, 3.05) is 39.8 Å². The number of nitrogens with zero attached hydrogens (tertiary/aromatic N) is 2. The summed E-state index contributed by atoms with van der Waals surface area (Å²) in [6.45, 7) is 3.96. The first-order valence-electron chi connectivity index (χ1n) is 8.77. The lowest BCUT2D eigenvalue weighted by Crippen LogP contribution is -2.48. The van der Waals surface area contributed by atoms with Crippen molar-refractivity contribution in [3.63, 3.8) is 0 Å². The molecule has 3 rings (SSSR count). The van der Waals surface area contributed by atoms with Gasteiger partial charge in [-0.1, -0.05) is 42.5 Å². The minimum atomic E-state index is -0.0252. The number of amides is 1. The average Bonchev–Trinajstić information content (AvgIpc) is 2.69. The van der Waals surface area contributed by atoms with E-state index in [1.54, 1.807) is 12.1 Å². The average molecular weight is 352 g/mol. The van der Waals surface area contributed by atoms with E-state index in [9.17, 15) is 9.90 Å². The number of hydrogen-bond acceptors (Lipinski definition) is 4. The molecule has 0 aliphatic carbocycles. The molecular formula is C21H24N2O3. The molecular weight excluding hydrogens is 328 g/mol. The van der Waals surface area contributed by atoms with E-state index in [1.165, 1.54) is 18.7 Å². The van der Waals surface area contributed by atoms with Crippen molar-refractivity contribution in [3.8, 4) is 11.5 Å². The van der Waals surface area contributed by atoms with E-state index in [-0.39, 0.29) is 11.7 Å². The Hall–Kier alpha value is -2.79. The summed E-state index contributed by atoms with van der Waals surface area (Å²) in [5.41, 5.74) is 1.74. The zero-order valence-electron chi connectivity index (χ0n) is 15.0. The molecule has 0 spiro atoms. The van der Waals surface area contributed by atoms with Crippen LogP contribution in [0.1, 0.15) is 15.9 Å². The van der Waals surface area contributed by atoms with Crippen LogP contribution >= 0.6 is 0 Å². The Morgan fingerprint density at radius 1 is 1.12 bits per heavy atom. The molecule has 1 fully saturated rings. The van der Waals surface area contributed by atoms with Crippen LogP contribution in [0.5, 0.6) is 11.5 Å². The number of benzene rings is 2. The van der Waals surface area contributed by atoms with Crippen molar-refractivity contribution < 1.29 is 14.6 Å². The van der Waals surface area contributed by atoms with E-state index in [1.807, 2.05) is 23.1 Å². The number of rotatable bonds is 5. The lowest BCUT2D eigenvalue weighted by Gasteiger charge is -2.34. The first-order chi connectivity index (χ1) is 12.7. The van der Waals surface area contributed by atoms with Gasteiger partial charge in [0.05, 0.1) is 7.11 Å². The predicted octanol–water partition coefficient (Wildman–Crippen LogP) is 2.87. The fraction of sp³-hybridized carbons (Fsp3) is 0.286. The van der Waals surface area contributed by atoms with Gasteiger partial charge in [0.2, 0.25) is 0 Å². The molecule has 26 heavy (non-hydrogen) atoms. The Kier molecular flexibility index (Phi) is 5.92. The van der Waals surface area contributed by atoms with E-state index in [2.05, 4.69) is 29.2 Å². The van der Waals surface area contributed by atoms with E-state index < -0.39 is 0 Å². The van der Waals surface area contributed by atoms with Crippen LogP contribution in [0, 0.1) is 0 Å². The zero-order chi connectivity index (χ0) is 18.4. The standard InChI is InChI=1S/C21H24N2O3/c1-26-20-16-18(9-10-19(20)24)21(25)23-14-12-22(13-15-23)11-5-8-17-6-3-2-4-7-17/h2-10,16,24H,11-15H2,1H3/b8-5+. The molecule has 1 heterocycles. The minimum absolute atomic E-state index is 0.0252. The van der Waals surface area contributed by atoms with Crippen molar-refractivity contribution in [1.29, 1.82) is 0 Å². The number of ether oxygens (including phenoxy) is 1. The highest BCUT2D eigenvalue weighted by atomic mass is 16.5. The molecule has 1 amide bonds. The number of hydrogen-bond donors (Lipinski definition) is 1. The first-order valence-corrected chi connectivity index (χ1v) is 8.77. The molecule has 0 aromatic heterocycles. The second kappa shape index (κ2) is 8.54. The Morgan fingerprint density at radius 2 is 1.85 bits per heavy atom. The van der Waals surface area contributed by atoms with Crippen LogP contribution in [0.2, 0.25) is 0 Å². The van der Waals surface area contributed by atoms with E-state index in [4.69, 9.17) is 4.74 Å². The number of phenolic OH excluding ortho intramolecular Hbond substituents is 1. The van der Waals surface area contributed by atoms with Crippen LogP contribution in [-0.2, 0) is 0 Å². The van der Waals surface area contributed by atoms with Gasteiger partial charge in [0.1, 0.15) is 0 Å². The van der Waals surface area contributed by atoms with Gasteiger partial charge in [-0.05, 0) is 23.8 Å². The van der Waals surface area contributed by atoms with E-state index in [0.29, 0.717) is 24.4 Å². The molecule has 0 saturated carbocycles. The monoisotopic (exact) mass is 352 g/mol. The van der Waals surface area contributed by atoms with Crippen molar-refractivity contribution in [1.82, 2.24) is 9.80 Å². The van der Waals surface area contributed by atoms with Crippen molar-refractivity contribution >= 4 is 12.0 Å². The number of phenols is 1. The summed E-state index contributed by atoms with van der Waals surface area (Å²) in [7, 11) is 1.48. The van der Waals surface area contributed by atoms with Crippen molar-refractivity contribution in [2.45, 2.75) is 0 Å². The molecule has 5 heteroatoms. The number of piperazine rings is 1. The van der Waals surface area contributed by atoms with Gasteiger partial charge in [0, 0.05) is 38.3 Å². The molecule has 1 saturated heterocycles. The number of aromatic hydroxyl groups is 1. The number of carbonyl (C=O) groups excluding carboxylic acids is 1. The molecule has 1 aliphatic heterocycles. The summed E-state index contributed by atoms with van der Waals surface area (Å²) in [5.74, 6) is 0.336. The van der Waals surface area contributed by atoms with Crippen LogP contribution < -0.4 is 4.74 Å². The molecule has 0 radical (unpaired) electrons. The third-order valence-corrected chi connectivity index (χ3v) is 4.56. The molecule has 0 bridgehead atoms. The van der Waals surface area contributed by atoms with Crippen LogP contribution in [0.15, 0.2) is 54.6 Å². The van der Waals surface area contributed by atoms with Gasteiger partial charge < -0.3 is 14.7 Å². The lowest BCUT2D eigenvalue weighted by molar-refractivity contribution is 0.0650. The molecule has 2 aromatic rings. The largest absolute Gasteiger partial charge is 0.504 e. The molecule has 2 aromatic carbocycles. The number of methoxy groups -OCH3 is 1. The fourth-order valence-corrected chi connectivity index (χ4v) is 3.03. The van der Waals surface area contributed by atoms with Gasteiger partial charge in [0.25, 0.3) is 5.91 Å². The summed E-state index contributed by atoms with van der Waals surface area (Å²) < 4.78 is 5.08. The smallest absolute Gasteiger partial charge is 0.254 e. The minimum Gasteiger partial charge on any atom is -0.504 e. The maximum Gasteiger partial charge on any atom is 0.254 e. The Labute approximate surface area is 154 Å². The summed E-state index contributed by atoms with van der Waals surface area (Å²) in [6.07, 6.45) is 4.29. The van der Waals surface area contributed by atoms with Gasteiger partial charge >= 0.3 is 0 Å². The SMILES string of the molecule is COc1cc(C(=O)N2CCN(C/C=C/c3ccccc3)CC2)ccc1O. The molecule has 0 atom stereocenters.